The summed E-state index contributed by atoms with van der Waals surface area (Å²) in [4.78, 5) is 22.1. The zero-order chi connectivity index (χ0) is 15.2. The van der Waals surface area contributed by atoms with Gasteiger partial charge in [0.15, 0.2) is 0 Å². The van der Waals surface area contributed by atoms with Crippen molar-refractivity contribution >= 4 is 35.6 Å². The minimum absolute atomic E-state index is 0. The summed E-state index contributed by atoms with van der Waals surface area (Å²) in [6.45, 7) is 2.65. The van der Waals surface area contributed by atoms with Crippen molar-refractivity contribution in [3.63, 3.8) is 0 Å². The van der Waals surface area contributed by atoms with Crippen molar-refractivity contribution < 1.29 is 9.72 Å². The second-order valence-corrected chi connectivity index (χ2v) is 5.59. The van der Waals surface area contributed by atoms with E-state index in [9.17, 15) is 14.9 Å². The average Bonchev–Trinajstić information content (AvgIpc) is 2.48. The van der Waals surface area contributed by atoms with E-state index in [1.807, 2.05) is 0 Å². The molecule has 122 valence electrons. The van der Waals surface area contributed by atoms with E-state index in [2.05, 4.69) is 10.6 Å². The molecule has 1 aromatic carbocycles. The lowest BCUT2D eigenvalue weighted by Gasteiger charge is -2.22. The van der Waals surface area contributed by atoms with Gasteiger partial charge in [-0.3, -0.25) is 14.9 Å². The molecular formula is C14H19Cl2N3O3. The number of nitro groups is 1. The number of nitro benzene ring substituents is 1. The van der Waals surface area contributed by atoms with Crippen molar-refractivity contribution in [3.8, 4) is 0 Å². The van der Waals surface area contributed by atoms with Crippen molar-refractivity contribution in [2.75, 3.05) is 19.6 Å². The Labute approximate surface area is 140 Å². The van der Waals surface area contributed by atoms with E-state index in [-0.39, 0.29) is 34.6 Å². The fraction of sp³-hybridized carbons (Fsp3) is 0.500. The SMILES string of the molecule is Cl.O=C(NCCC1CCCNC1)c1ccc([N+](=O)[O-])cc1Cl. The number of hydrogen-bond acceptors (Lipinski definition) is 4. The monoisotopic (exact) mass is 347 g/mol. The van der Waals surface area contributed by atoms with E-state index in [0.29, 0.717) is 12.5 Å². The quantitative estimate of drug-likeness (QED) is 0.633. The Kier molecular flexibility index (Phi) is 7.58. The molecule has 6 nitrogen and oxygen atoms in total. The summed E-state index contributed by atoms with van der Waals surface area (Å²) < 4.78 is 0. The predicted molar refractivity (Wildman–Crippen MR) is 87.9 cm³/mol. The maximum absolute atomic E-state index is 12.0. The van der Waals surface area contributed by atoms with Crippen molar-refractivity contribution in [3.05, 3.63) is 38.9 Å². The molecule has 0 radical (unpaired) electrons. The Balaban J connectivity index is 0.00000242. The number of nitrogens with one attached hydrogen (secondary N) is 2. The first-order valence-electron chi connectivity index (χ1n) is 7.01. The van der Waals surface area contributed by atoms with E-state index < -0.39 is 4.92 Å². The van der Waals surface area contributed by atoms with Crippen molar-refractivity contribution in [2.24, 2.45) is 5.92 Å². The molecule has 1 amide bonds. The minimum Gasteiger partial charge on any atom is -0.352 e. The molecule has 1 aliphatic rings. The van der Waals surface area contributed by atoms with Gasteiger partial charge in [-0.1, -0.05) is 11.6 Å². The molecule has 2 rings (SSSR count). The van der Waals surface area contributed by atoms with E-state index in [1.165, 1.54) is 31.0 Å². The molecule has 22 heavy (non-hydrogen) atoms. The number of amides is 1. The summed E-state index contributed by atoms with van der Waals surface area (Å²) in [7, 11) is 0. The summed E-state index contributed by atoms with van der Waals surface area (Å²) in [5.74, 6) is 0.296. The highest BCUT2D eigenvalue weighted by atomic mass is 35.5. The highest BCUT2D eigenvalue weighted by Crippen LogP contribution is 2.22. The van der Waals surface area contributed by atoms with Crippen molar-refractivity contribution in [1.82, 2.24) is 10.6 Å². The van der Waals surface area contributed by atoms with Crippen molar-refractivity contribution in [2.45, 2.75) is 19.3 Å². The Morgan fingerprint density at radius 3 is 2.86 bits per heavy atom. The Morgan fingerprint density at radius 2 is 2.27 bits per heavy atom. The van der Waals surface area contributed by atoms with Crippen LogP contribution in [0.2, 0.25) is 5.02 Å². The van der Waals surface area contributed by atoms with Crippen LogP contribution >= 0.6 is 24.0 Å². The van der Waals surface area contributed by atoms with Crippen LogP contribution in [0.25, 0.3) is 0 Å². The molecule has 2 N–H and O–H groups in total. The molecule has 0 bridgehead atoms. The average molecular weight is 348 g/mol. The van der Waals surface area contributed by atoms with Crippen molar-refractivity contribution in [1.29, 1.82) is 0 Å². The molecule has 1 atom stereocenters. The smallest absolute Gasteiger partial charge is 0.270 e. The van der Waals surface area contributed by atoms with Gasteiger partial charge in [-0.05, 0) is 44.3 Å². The molecule has 1 aliphatic heterocycles. The lowest BCUT2D eigenvalue weighted by molar-refractivity contribution is -0.384. The van der Waals surface area contributed by atoms with Crippen LogP contribution in [0, 0.1) is 16.0 Å². The number of rotatable bonds is 5. The lowest BCUT2D eigenvalue weighted by atomic mass is 9.96. The van der Waals surface area contributed by atoms with Gasteiger partial charge in [0.25, 0.3) is 11.6 Å². The number of halogens is 2. The summed E-state index contributed by atoms with van der Waals surface area (Å²) in [5.41, 5.74) is 0.147. The zero-order valence-electron chi connectivity index (χ0n) is 12.0. The van der Waals surface area contributed by atoms with Gasteiger partial charge in [0.2, 0.25) is 0 Å². The molecule has 1 unspecified atom stereocenters. The summed E-state index contributed by atoms with van der Waals surface area (Å²) in [6, 6.07) is 3.87. The van der Waals surface area contributed by atoms with E-state index in [4.69, 9.17) is 11.6 Å². The van der Waals surface area contributed by atoms with Gasteiger partial charge < -0.3 is 10.6 Å². The number of hydrogen-bond donors (Lipinski definition) is 2. The van der Waals surface area contributed by atoms with E-state index >= 15 is 0 Å². The molecule has 1 saturated heterocycles. The third kappa shape index (κ3) is 5.12. The maximum Gasteiger partial charge on any atom is 0.270 e. The van der Waals surface area contributed by atoms with Crippen LogP contribution in [0.5, 0.6) is 0 Å². The summed E-state index contributed by atoms with van der Waals surface area (Å²) in [5, 5.41) is 16.9. The first kappa shape index (κ1) is 18.7. The Hall–Kier alpha value is -1.37. The molecule has 1 heterocycles. The number of carbonyl (C=O) groups excluding carboxylic acids is 1. The highest BCUT2D eigenvalue weighted by molar-refractivity contribution is 6.34. The third-order valence-electron chi connectivity index (χ3n) is 3.65. The number of nitrogens with zero attached hydrogens (tertiary/aromatic N) is 1. The summed E-state index contributed by atoms with van der Waals surface area (Å²) >= 11 is 5.92. The van der Waals surface area contributed by atoms with Crippen LogP contribution < -0.4 is 10.6 Å². The standard InChI is InChI=1S/C14H18ClN3O3.ClH/c15-13-8-11(18(20)21)3-4-12(13)14(19)17-7-5-10-2-1-6-16-9-10;/h3-4,8,10,16H,1-2,5-7,9H2,(H,17,19);1H. The van der Waals surface area contributed by atoms with Crippen LogP contribution in [0.1, 0.15) is 29.6 Å². The molecular weight excluding hydrogens is 329 g/mol. The van der Waals surface area contributed by atoms with Crippen LogP contribution in [-0.4, -0.2) is 30.5 Å². The van der Waals surface area contributed by atoms with Gasteiger partial charge in [0.1, 0.15) is 0 Å². The largest absolute Gasteiger partial charge is 0.352 e. The fourth-order valence-corrected chi connectivity index (χ4v) is 2.72. The van der Waals surface area contributed by atoms with E-state index in [1.54, 1.807) is 0 Å². The maximum atomic E-state index is 12.0. The molecule has 1 aromatic rings. The van der Waals surface area contributed by atoms with Crippen LogP contribution in [0.3, 0.4) is 0 Å². The number of carbonyl (C=O) groups is 1. The normalized spacial score (nSPS) is 17.4. The topological polar surface area (TPSA) is 84.3 Å². The Morgan fingerprint density at radius 1 is 1.50 bits per heavy atom. The van der Waals surface area contributed by atoms with Gasteiger partial charge in [-0.25, -0.2) is 0 Å². The predicted octanol–water partition coefficient (Wildman–Crippen LogP) is 2.79. The Bertz CT molecular complexity index is 534. The molecule has 0 aliphatic carbocycles. The van der Waals surface area contributed by atoms with Gasteiger partial charge in [-0.15, -0.1) is 12.4 Å². The fourth-order valence-electron chi connectivity index (χ4n) is 2.46. The van der Waals surface area contributed by atoms with E-state index in [0.717, 1.165) is 19.5 Å². The second-order valence-electron chi connectivity index (χ2n) is 5.18. The number of non-ortho nitro benzene ring substituents is 1. The van der Waals surface area contributed by atoms with Gasteiger partial charge >= 0.3 is 0 Å². The van der Waals surface area contributed by atoms with Crippen LogP contribution in [-0.2, 0) is 0 Å². The second kappa shape index (κ2) is 8.92. The first-order chi connectivity index (χ1) is 10.1. The van der Waals surface area contributed by atoms with Crippen LogP contribution in [0.4, 0.5) is 5.69 Å². The van der Waals surface area contributed by atoms with Gasteiger partial charge in [0.05, 0.1) is 15.5 Å². The molecule has 0 saturated carbocycles. The lowest BCUT2D eigenvalue weighted by Crippen LogP contribution is -2.33. The van der Waals surface area contributed by atoms with Gasteiger partial charge in [0, 0.05) is 18.7 Å². The third-order valence-corrected chi connectivity index (χ3v) is 3.96. The zero-order valence-corrected chi connectivity index (χ0v) is 13.6. The molecule has 1 fully saturated rings. The highest BCUT2D eigenvalue weighted by Gasteiger charge is 2.16. The number of benzene rings is 1. The summed E-state index contributed by atoms with van der Waals surface area (Å²) in [6.07, 6.45) is 3.28. The minimum atomic E-state index is -0.538. The molecule has 0 aromatic heterocycles. The number of piperidine rings is 1. The molecule has 0 spiro atoms. The van der Waals surface area contributed by atoms with Gasteiger partial charge in [-0.2, -0.15) is 0 Å². The molecule has 8 heteroatoms. The first-order valence-corrected chi connectivity index (χ1v) is 7.38. The van der Waals surface area contributed by atoms with Crippen LogP contribution in [0.15, 0.2) is 18.2 Å².